The lowest BCUT2D eigenvalue weighted by atomic mass is 10.0. The van der Waals surface area contributed by atoms with Gasteiger partial charge in [0, 0.05) is 37.2 Å². The maximum absolute atomic E-state index is 12.8. The van der Waals surface area contributed by atoms with Crippen LogP contribution in [0.5, 0.6) is 0 Å². The molecule has 7 heteroatoms. The summed E-state index contributed by atoms with van der Waals surface area (Å²) < 4.78 is 0. The summed E-state index contributed by atoms with van der Waals surface area (Å²) in [7, 11) is 0. The van der Waals surface area contributed by atoms with Gasteiger partial charge in [-0.2, -0.15) is 0 Å². The summed E-state index contributed by atoms with van der Waals surface area (Å²) in [6, 6.07) is 6.35. The highest BCUT2D eigenvalue weighted by Gasteiger charge is 2.41. The molecular weight excluding hydrogens is 368 g/mol. The molecule has 0 radical (unpaired) electrons. The molecular formula is C22H28N4O3. The van der Waals surface area contributed by atoms with Gasteiger partial charge in [-0.15, -0.1) is 0 Å². The van der Waals surface area contributed by atoms with E-state index in [9.17, 15) is 14.4 Å². The van der Waals surface area contributed by atoms with E-state index in [1.807, 2.05) is 12.1 Å². The number of rotatable bonds is 4. The van der Waals surface area contributed by atoms with E-state index < -0.39 is 6.04 Å². The third-order valence-electron chi connectivity index (χ3n) is 7.24. The molecule has 7 nitrogen and oxygen atoms in total. The largest absolute Gasteiger partial charge is 0.328 e. The van der Waals surface area contributed by atoms with Crippen molar-refractivity contribution in [2.24, 2.45) is 17.6 Å². The quantitative estimate of drug-likeness (QED) is 0.660. The number of piperidine rings is 1. The Morgan fingerprint density at radius 3 is 2.59 bits per heavy atom. The van der Waals surface area contributed by atoms with Crippen LogP contribution in [-0.4, -0.2) is 40.7 Å². The number of nitrogens with two attached hydrogens (primary N) is 1. The second-order valence-corrected chi connectivity index (χ2v) is 9.19. The highest BCUT2D eigenvalue weighted by Crippen LogP contribution is 2.43. The number of hydrogen-bond acceptors (Lipinski definition) is 5. The van der Waals surface area contributed by atoms with Crippen LogP contribution in [0.25, 0.3) is 0 Å². The zero-order chi connectivity index (χ0) is 20.1. The number of fused-ring (bicyclic) bond motifs is 2. The molecule has 2 aliphatic heterocycles. The Morgan fingerprint density at radius 1 is 1.10 bits per heavy atom. The number of carbonyl (C=O) groups excluding carboxylic acids is 3. The van der Waals surface area contributed by atoms with Crippen molar-refractivity contribution in [2.75, 3.05) is 0 Å². The molecule has 4 aliphatic rings. The average molecular weight is 396 g/mol. The van der Waals surface area contributed by atoms with E-state index in [1.54, 1.807) is 4.90 Å². The number of nitrogens with zero attached hydrogens (tertiary/aromatic N) is 1. The Hall–Kier alpha value is -2.25. The van der Waals surface area contributed by atoms with Crippen molar-refractivity contribution in [3.8, 4) is 0 Å². The fourth-order valence-electron chi connectivity index (χ4n) is 5.83. The van der Waals surface area contributed by atoms with Gasteiger partial charge in [-0.3, -0.25) is 19.7 Å². The van der Waals surface area contributed by atoms with Gasteiger partial charge in [-0.05, 0) is 61.1 Å². The van der Waals surface area contributed by atoms with Crippen LogP contribution in [0.15, 0.2) is 18.2 Å². The lowest BCUT2D eigenvalue weighted by molar-refractivity contribution is -0.136. The first-order valence-corrected chi connectivity index (χ1v) is 10.7. The molecule has 0 spiro atoms. The minimum atomic E-state index is -0.557. The van der Waals surface area contributed by atoms with Gasteiger partial charge >= 0.3 is 0 Å². The first kappa shape index (κ1) is 18.8. The molecule has 5 rings (SSSR count). The summed E-state index contributed by atoms with van der Waals surface area (Å²) in [6.07, 6.45) is 5.43. The standard InChI is InChI=1S/C22H28N4O3/c23-16-6-13-8-17(9-14(13)7-16)24-10-12-1-2-18-15(5-12)11-26(22(18)29)19-3-4-20(27)25-21(19)28/h1-2,5,13-14,16-17,19,24H,3-4,6-11,23H2,(H,25,27,28). The molecule has 2 aliphatic carbocycles. The number of nitrogens with one attached hydrogen (secondary N) is 2. The highest BCUT2D eigenvalue weighted by molar-refractivity contribution is 6.05. The monoisotopic (exact) mass is 396 g/mol. The Bertz CT molecular complexity index is 856. The molecule has 1 saturated heterocycles. The summed E-state index contributed by atoms with van der Waals surface area (Å²) in [5, 5.41) is 6.04. The van der Waals surface area contributed by atoms with Crippen molar-refractivity contribution in [3.05, 3.63) is 34.9 Å². The molecule has 1 aromatic carbocycles. The van der Waals surface area contributed by atoms with Gasteiger partial charge in [0.2, 0.25) is 11.8 Å². The van der Waals surface area contributed by atoms with E-state index in [1.165, 1.54) is 25.7 Å². The summed E-state index contributed by atoms with van der Waals surface area (Å²) in [6.45, 7) is 1.22. The minimum absolute atomic E-state index is 0.117. The van der Waals surface area contributed by atoms with Gasteiger partial charge in [0.25, 0.3) is 5.91 Å². The zero-order valence-electron chi connectivity index (χ0n) is 16.5. The van der Waals surface area contributed by atoms with E-state index in [0.717, 1.165) is 29.5 Å². The lowest BCUT2D eigenvalue weighted by Gasteiger charge is -2.29. The van der Waals surface area contributed by atoms with E-state index >= 15 is 0 Å². The fraction of sp³-hybridized carbons (Fsp3) is 0.591. The van der Waals surface area contributed by atoms with Crippen LogP contribution >= 0.6 is 0 Å². The third-order valence-corrected chi connectivity index (χ3v) is 7.24. The molecule has 3 unspecified atom stereocenters. The van der Waals surface area contributed by atoms with Crippen LogP contribution in [-0.2, 0) is 22.7 Å². The third kappa shape index (κ3) is 3.46. The van der Waals surface area contributed by atoms with Crippen molar-refractivity contribution in [1.82, 2.24) is 15.5 Å². The predicted molar refractivity (Wildman–Crippen MR) is 107 cm³/mol. The second kappa shape index (κ2) is 7.22. The van der Waals surface area contributed by atoms with Crippen LogP contribution < -0.4 is 16.4 Å². The molecule has 2 heterocycles. The van der Waals surface area contributed by atoms with Crippen molar-refractivity contribution < 1.29 is 14.4 Å². The second-order valence-electron chi connectivity index (χ2n) is 9.19. The molecule has 3 amide bonds. The summed E-state index contributed by atoms with van der Waals surface area (Å²) in [5.74, 6) is 0.816. The fourth-order valence-corrected chi connectivity index (χ4v) is 5.83. The van der Waals surface area contributed by atoms with Crippen LogP contribution in [0.1, 0.15) is 60.0 Å². The van der Waals surface area contributed by atoms with Crippen LogP contribution in [0, 0.1) is 11.8 Å². The van der Waals surface area contributed by atoms with Gasteiger partial charge in [0.15, 0.2) is 0 Å². The van der Waals surface area contributed by atoms with Crippen molar-refractivity contribution in [2.45, 2.75) is 69.7 Å². The first-order valence-electron chi connectivity index (χ1n) is 10.7. The van der Waals surface area contributed by atoms with Gasteiger partial charge in [0.05, 0.1) is 0 Å². The molecule has 4 N–H and O–H groups in total. The van der Waals surface area contributed by atoms with E-state index in [0.29, 0.717) is 30.6 Å². The topological polar surface area (TPSA) is 105 Å². The molecule has 3 fully saturated rings. The molecule has 2 saturated carbocycles. The smallest absolute Gasteiger partial charge is 0.255 e. The molecule has 0 bridgehead atoms. The van der Waals surface area contributed by atoms with Gasteiger partial charge in [-0.25, -0.2) is 0 Å². The van der Waals surface area contributed by atoms with Crippen molar-refractivity contribution in [1.29, 1.82) is 0 Å². The number of imide groups is 1. The Labute approximate surface area is 170 Å². The average Bonchev–Trinajstić information content (AvgIpc) is 3.31. The lowest BCUT2D eigenvalue weighted by Crippen LogP contribution is -2.52. The molecule has 1 aromatic rings. The SMILES string of the molecule is NC1CC2CC(NCc3ccc4c(c3)CN(C3CCC(=O)NC3=O)C4=O)CC2C1. The molecule has 154 valence electrons. The highest BCUT2D eigenvalue weighted by atomic mass is 16.2. The van der Waals surface area contributed by atoms with E-state index in [4.69, 9.17) is 5.73 Å². The number of hydrogen-bond donors (Lipinski definition) is 3. The maximum Gasteiger partial charge on any atom is 0.255 e. The van der Waals surface area contributed by atoms with Gasteiger partial charge in [0.1, 0.15) is 6.04 Å². The normalized spacial score (nSPS) is 33.8. The van der Waals surface area contributed by atoms with Gasteiger partial charge < -0.3 is 16.0 Å². The number of amides is 3. The zero-order valence-corrected chi connectivity index (χ0v) is 16.5. The molecule has 0 aromatic heterocycles. The van der Waals surface area contributed by atoms with Crippen molar-refractivity contribution in [3.63, 3.8) is 0 Å². The van der Waals surface area contributed by atoms with Crippen LogP contribution in [0.4, 0.5) is 0 Å². The van der Waals surface area contributed by atoms with Crippen LogP contribution in [0.2, 0.25) is 0 Å². The number of benzene rings is 1. The summed E-state index contributed by atoms with van der Waals surface area (Å²) >= 11 is 0. The van der Waals surface area contributed by atoms with Crippen molar-refractivity contribution >= 4 is 17.7 Å². The minimum Gasteiger partial charge on any atom is -0.328 e. The Balaban J connectivity index is 1.21. The first-order chi connectivity index (χ1) is 14.0. The summed E-state index contributed by atoms with van der Waals surface area (Å²) in [4.78, 5) is 37.9. The van der Waals surface area contributed by atoms with E-state index in [-0.39, 0.29) is 24.1 Å². The Kier molecular flexibility index (Phi) is 4.67. The van der Waals surface area contributed by atoms with Gasteiger partial charge in [-0.1, -0.05) is 12.1 Å². The van der Waals surface area contributed by atoms with Crippen LogP contribution in [0.3, 0.4) is 0 Å². The molecule has 29 heavy (non-hydrogen) atoms. The maximum atomic E-state index is 12.8. The number of carbonyl (C=O) groups is 3. The summed E-state index contributed by atoms with van der Waals surface area (Å²) in [5.41, 5.74) is 8.88. The molecule has 3 atom stereocenters. The van der Waals surface area contributed by atoms with E-state index in [2.05, 4.69) is 16.7 Å². The predicted octanol–water partition coefficient (Wildman–Crippen LogP) is 1.05. The Morgan fingerprint density at radius 2 is 1.86 bits per heavy atom.